The molecular weight excluding hydrogens is 282 g/mol. The molecule has 20 heavy (non-hydrogen) atoms. The number of halogens is 1. The van der Waals surface area contributed by atoms with Gasteiger partial charge in [-0.05, 0) is 6.42 Å². The van der Waals surface area contributed by atoms with Crippen molar-refractivity contribution in [1.29, 1.82) is 0 Å². The normalized spacial score (nSPS) is 10.8. The number of aliphatic hydroxyl groups is 1. The minimum absolute atomic E-state index is 0.000874. The summed E-state index contributed by atoms with van der Waals surface area (Å²) in [5.41, 5.74) is 0.196. The highest BCUT2D eigenvalue weighted by atomic mass is 35.5. The molecule has 0 saturated heterocycles. The van der Waals surface area contributed by atoms with Crippen molar-refractivity contribution in [3.05, 3.63) is 22.7 Å². The zero-order chi connectivity index (χ0) is 15.0. The molecule has 1 amide bonds. The van der Waals surface area contributed by atoms with Crippen LogP contribution in [-0.2, 0) is 4.74 Å². The van der Waals surface area contributed by atoms with E-state index in [-0.39, 0.29) is 29.1 Å². The lowest BCUT2D eigenvalue weighted by atomic mass is 10.2. The summed E-state index contributed by atoms with van der Waals surface area (Å²) in [6.07, 6.45) is 2.11. The molecule has 0 unspecified atom stereocenters. The Hall–Kier alpha value is -1.24. The van der Waals surface area contributed by atoms with Gasteiger partial charge in [-0.1, -0.05) is 25.4 Å². The van der Waals surface area contributed by atoms with E-state index in [1.165, 1.54) is 6.20 Å². The first kappa shape index (κ1) is 16.8. The Morgan fingerprint density at radius 1 is 1.50 bits per heavy atom. The molecular formula is C13H20ClN3O3. The Labute approximate surface area is 123 Å². The predicted octanol–water partition coefficient (Wildman–Crippen LogP) is 1.38. The molecule has 1 aromatic rings. The topological polar surface area (TPSA) is 84.3 Å². The molecule has 0 aliphatic heterocycles. The minimum Gasteiger partial charge on any atom is -0.394 e. The molecule has 1 rings (SSSR count). The average Bonchev–Trinajstić information content (AvgIpc) is 2.42. The smallest absolute Gasteiger partial charge is 0.271 e. The third kappa shape index (κ3) is 5.40. The first-order valence-corrected chi connectivity index (χ1v) is 6.93. The van der Waals surface area contributed by atoms with Gasteiger partial charge in [-0.25, -0.2) is 9.97 Å². The van der Waals surface area contributed by atoms with Crippen molar-refractivity contribution in [3.63, 3.8) is 0 Å². The molecule has 2 N–H and O–H groups in total. The molecule has 0 aliphatic carbocycles. The number of ether oxygens (including phenoxy) is 1. The quantitative estimate of drug-likeness (QED) is 0.709. The van der Waals surface area contributed by atoms with Crippen molar-refractivity contribution < 1.29 is 14.6 Å². The second-order valence-electron chi connectivity index (χ2n) is 4.52. The Balaban J connectivity index is 2.48. The average molecular weight is 302 g/mol. The van der Waals surface area contributed by atoms with Crippen molar-refractivity contribution in [2.75, 3.05) is 26.4 Å². The second kappa shape index (κ2) is 8.84. The third-order valence-corrected chi connectivity index (χ3v) is 2.76. The van der Waals surface area contributed by atoms with Crippen LogP contribution in [0, 0.1) is 0 Å². The van der Waals surface area contributed by atoms with Crippen molar-refractivity contribution in [1.82, 2.24) is 15.3 Å². The van der Waals surface area contributed by atoms with Gasteiger partial charge in [0.2, 0.25) is 0 Å². The zero-order valence-electron chi connectivity index (χ0n) is 11.7. The van der Waals surface area contributed by atoms with E-state index in [4.69, 9.17) is 21.4 Å². The number of aliphatic hydroxyl groups excluding tert-OH is 1. The number of nitrogens with one attached hydrogen (secondary N) is 1. The van der Waals surface area contributed by atoms with E-state index < -0.39 is 0 Å². The van der Waals surface area contributed by atoms with Crippen LogP contribution < -0.4 is 5.32 Å². The van der Waals surface area contributed by atoms with Crippen LogP contribution in [0.4, 0.5) is 0 Å². The fourth-order valence-corrected chi connectivity index (χ4v) is 1.62. The summed E-state index contributed by atoms with van der Waals surface area (Å²) in [4.78, 5) is 20.2. The van der Waals surface area contributed by atoms with Crippen LogP contribution in [0.15, 0.2) is 6.20 Å². The number of hydrogen-bond donors (Lipinski definition) is 2. The van der Waals surface area contributed by atoms with Crippen molar-refractivity contribution in [3.8, 4) is 0 Å². The molecule has 112 valence electrons. The van der Waals surface area contributed by atoms with Crippen molar-refractivity contribution in [2.24, 2.45) is 0 Å². The van der Waals surface area contributed by atoms with Gasteiger partial charge in [0, 0.05) is 19.1 Å². The molecule has 0 atom stereocenters. The van der Waals surface area contributed by atoms with Gasteiger partial charge in [0.1, 0.15) is 11.5 Å². The molecule has 0 aliphatic rings. The van der Waals surface area contributed by atoms with E-state index in [1.54, 1.807) is 0 Å². The molecule has 0 fully saturated rings. The summed E-state index contributed by atoms with van der Waals surface area (Å²) in [6.45, 7) is 5.15. The summed E-state index contributed by atoms with van der Waals surface area (Å²) in [7, 11) is 0. The maximum atomic E-state index is 12.0. The van der Waals surface area contributed by atoms with Crippen LogP contribution in [0.5, 0.6) is 0 Å². The SMILES string of the molecule is CC(C)c1ncc(Cl)c(C(=O)NCCCOCCO)n1. The van der Waals surface area contributed by atoms with Gasteiger partial charge in [-0.15, -0.1) is 0 Å². The summed E-state index contributed by atoms with van der Waals surface area (Å²) in [5, 5.41) is 11.5. The molecule has 1 aromatic heterocycles. The van der Waals surface area contributed by atoms with Crippen LogP contribution >= 0.6 is 11.6 Å². The lowest BCUT2D eigenvalue weighted by molar-refractivity contribution is 0.0865. The highest BCUT2D eigenvalue weighted by molar-refractivity contribution is 6.33. The summed E-state index contributed by atoms with van der Waals surface area (Å²) < 4.78 is 5.09. The standard InChI is InChI=1S/C13H20ClN3O3/c1-9(2)12-16-8-10(14)11(17-12)13(19)15-4-3-6-20-7-5-18/h8-9,18H,3-7H2,1-2H3,(H,15,19). The van der Waals surface area contributed by atoms with E-state index in [0.29, 0.717) is 32.0 Å². The van der Waals surface area contributed by atoms with Crippen molar-refractivity contribution >= 4 is 17.5 Å². The summed E-state index contributed by atoms with van der Waals surface area (Å²) in [6, 6.07) is 0. The number of amides is 1. The van der Waals surface area contributed by atoms with Crippen LogP contribution in [0.1, 0.15) is 42.5 Å². The predicted molar refractivity (Wildman–Crippen MR) is 76.0 cm³/mol. The van der Waals surface area contributed by atoms with Gasteiger partial charge in [-0.2, -0.15) is 0 Å². The maximum absolute atomic E-state index is 12.0. The molecule has 0 spiro atoms. The van der Waals surface area contributed by atoms with Crippen LogP contribution in [0.25, 0.3) is 0 Å². The van der Waals surface area contributed by atoms with Gasteiger partial charge < -0.3 is 15.2 Å². The maximum Gasteiger partial charge on any atom is 0.271 e. The minimum atomic E-state index is -0.318. The zero-order valence-corrected chi connectivity index (χ0v) is 12.5. The molecule has 0 bridgehead atoms. The van der Waals surface area contributed by atoms with E-state index >= 15 is 0 Å². The van der Waals surface area contributed by atoms with E-state index in [2.05, 4.69) is 15.3 Å². The number of aromatic nitrogens is 2. The van der Waals surface area contributed by atoms with Gasteiger partial charge in [0.25, 0.3) is 5.91 Å². The fourth-order valence-electron chi connectivity index (χ4n) is 1.44. The molecule has 1 heterocycles. The summed E-state index contributed by atoms with van der Waals surface area (Å²) >= 11 is 5.94. The number of nitrogens with zero attached hydrogens (tertiary/aromatic N) is 2. The highest BCUT2D eigenvalue weighted by Gasteiger charge is 2.14. The van der Waals surface area contributed by atoms with E-state index in [1.807, 2.05) is 13.8 Å². The fraction of sp³-hybridized carbons (Fsp3) is 0.615. The number of hydrogen-bond acceptors (Lipinski definition) is 5. The van der Waals surface area contributed by atoms with E-state index in [9.17, 15) is 4.79 Å². The first-order valence-electron chi connectivity index (χ1n) is 6.55. The lowest BCUT2D eigenvalue weighted by Gasteiger charge is -2.09. The number of carbonyl (C=O) groups excluding carboxylic acids is 1. The molecule has 0 aromatic carbocycles. The molecule has 0 radical (unpaired) electrons. The third-order valence-electron chi connectivity index (χ3n) is 2.48. The van der Waals surface area contributed by atoms with E-state index in [0.717, 1.165) is 0 Å². The summed E-state index contributed by atoms with van der Waals surface area (Å²) in [5.74, 6) is 0.401. The highest BCUT2D eigenvalue weighted by Crippen LogP contribution is 2.16. The molecule has 7 heteroatoms. The molecule has 0 saturated carbocycles. The monoisotopic (exact) mass is 301 g/mol. The van der Waals surface area contributed by atoms with Crippen LogP contribution in [0.3, 0.4) is 0 Å². The Bertz CT molecular complexity index is 441. The van der Waals surface area contributed by atoms with Gasteiger partial charge in [0.15, 0.2) is 0 Å². The first-order chi connectivity index (χ1) is 9.56. The Morgan fingerprint density at radius 2 is 2.25 bits per heavy atom. The van der Waals surface area contributed by atoms with Crippen LogP contribution in [0.2, 0.25) is 5.02 Å². The Kier molecular flexibility index (Phi) is 7.43. The van der Waals surface area contributed by atoms with Crippen molar-refractivity contribution in [2.45, 2.75) is 26.2 Å². The van der Waals surface area contributed by atoms with Gasteiger partial charge in [-0.3, -0.25) is 4.79 Å². The van der Waals surface area contributed by atoms with Gasteiger partial charge in [0.05, 0.1) is 24.4 Å². The molecule has 6 nitrogen and oxygen atoms in total. The Morgan fingerprint density at radius 3 is 2.90 bits per heavy atom. The number of carbonyl (C=O) groups is 1. The largest absolute Gasteiger partial charge is 0.394 e. The van der Waals surface area contributed by atoms with Gasteiger partial charge >= 0.3 is 0 Å². The van der Waals surface area contributed by atoms with Crippen LogP contribution in [-0.4, -0.2) is 47.3 Å². The lowest BCUT2D eigenvalue weighted by Crippen LogP contribution is -2.27. The number of rotatable bonds is 8. The second-order valence-corrected chi connectivity index (χ2v) is 4.93.